The van der Waals surface area contributed by atoms with Gasteiger partial charge in [0.25, 0.3) is 11.6 Å². The van der Waals surface area contributed by atoms with Crippen molar-refractivity contribution in [3.63, 3.8) is 0 Å². The zero-order valence-corrected chi connectivity index (χ0v) is 9.67. The quantitative estimate of drug-likeness (QED) is 0.571. The molecule has 9 heteroatoms. The van der Waals surface area contributed by atoms with Crippen molar-refractivity contribution < 1.29 is 35.5 Å². The summed E-state index contributed by atoms with van der Waals surface area (Å²) in [6.07, 6.45) is -10.4. The van der Waals surface area contributed by atoms with E-state index in [0.717, 1.165) is 0 Å². The summed E-state index contributed by atoms with van der Waals surface area (Å²) in [5.74, 6) is -4.66. The summed E-state index contributed by atoms with van der Waals surface area (Å²) < 4.78 is 93.5. The lowest BCUT2D eigenvalue weighted by Gasteiger charge is -2.43. The van der Waals surface area contributed by atoms with Gasteiger partial charge in [0.15, 0.2) is 0 Å². The minimum absolute atomic E-state index is 0.574. The van der Waals surface area contributed by atoms with E-state index in [-0.39, 0.29) is 0 Å². The molecule has 1 fully saturated rings. The summed E-state index contributed by atoms with van der Waals surface area (Å²) in [4.78, 5) is 0. The van der Waals surface area contributed by atoms with Gasteiger partial charge in [-0.3, -0.25) is 0 Å². The van der Waals surface area contributed by atoms with Crippen LogP contribution < -0.4 is 0 Å². The Morgan fingerprint density at radius 2 is 1.72 bits per heavy atom. The van der Waals surface area contributed by atoms with Crippen molar-refractivity contribution in [2.24, 2.45) is 0 Å². The van der Waals surface area contributed by atoms with Crippen molar-refractivity contribution >= 4 is 11.6 Å². The number of hydrogen-bond acceptors (Lipinski definition) is 1. The molecule has 3 unspecified atom stereocenters. The molecule has 0 aromatic rings. The number of rotatable bonds is 3. The van der Waals surface area contributed by atoms with E-state index in [0.29, 0.717) is 0 Å². The number of ether oxygens (including phenoxy) is 1. The lowest BCUT2D eigenvalue weighted by Crippen LogP contribution is -2.62. The van der Waals surface area contributed by atoms with Crippen molar-refractivity contribution in [2.45, 2.75) is 42.1 Å². The number of hydrogen-bond donors (Lipinski definition) is 0. The molecule has 108 valence electrons. The SMILES string of the molecule is FCCOC1CC(F)(F)C(F)(C(F)(F)F)CC1Cl. The molecule has 1 nitrogen and oxygen atoms in total. The van der Waals surface area contributed by atoms with Gasteiger partial charge in [-0.1, -0.05) is 0 Å². The van der Waals surface area contributed by atoms with Crippen LogP contribution in [0.15, 0.2) is 0 Å². The minimum Gasteiger partial charge on any atom is -0.374 e. The molecule has 0 spiro atoms. The highest BCUT2D eigenvalue weighted by molar-refractivity contribution is 6.21. The van der Waals surface area contributed by atoms with Gasteiger partial charge in [0.2, 0.25) is 0 Å². The van der Waals surface area contributed by atoms with Crippen LogP contribution >= 0.6 is 11.6 Å². The molecule has 0 N–H and O–H groups in total. The van der Waals surface area contributed by atoms with E-state index in [1.165, 1.54) is 0 Å². The second-order valence-corrected chi connectivity index (χ2v) is 4.59. The van der Waals surface area contributed by atoms with Gasteiger partial charge in [0, 0.05) is 12.8 Å². The largest absolute Gasteiger partial charge is 0.428 e. The molecule has 0 aliphatic heterocycles. The molecular weight excluding hydrogens is 293 g/mol. The zero-order chi connectivity index (χ0) is 14.2. The van der Waals surface area contributed by atoms with Crippen LogP contribution in [0.1, 0.15) is 12.8 Å². The van der Waals surface area contributed by atoms with Crippen LogP contribution in [0, 0.1) is 0 Å². The van der Waals surface area contributed by atoms with Crippen LogP contribution in [0.4, 0.5) is 30.7 Å². The molecule has 0 radical (unpaired) electrons. The van der Waals surface area contributed by atoms with Gasteiger partial charge in [0.1, 0.15) is 6.67 Å². The summed E-state index contributed by atoms with van der Waals surface area (Å²) in [5.41, 5.74) is -4.68. The molecule has 3 atom stereocenters. The fourth-order valence-corrected chi connectivity index (χ4v) is 2.15. The molecule has 0 saturated heterocycles. The number of alkyl halides is 8. The highest BCUT2D eigenvalue weighted by Crippen LogP contribution is 2.54. The van der Waals surface area contributed by atoms with E-state index in [1.807, 2.05) is 0 Å². The molecule has 18 heavy (non-hydrogen) atoms. The van der Waals surface area contributed by atoms with Gasteiger partial charge in [-0.15, -0.1) is 11.6 Å². The lowest BCUT2D eigenvalue weighted by molar-refractivity contribution is -0.321. The first-order valence-corrected chi connectivity index (χ1v) is 5.44. The average Bonchev–Trinajstić information content (AvgIpc) is 2.20. The molecule has 0 amide bonds. The molecule has 0 aromatic carbocycles. The third-order valence-electron chi connectivity index (χ3n) is 2.78. The molecule has 1 rings (SSSR count). The maximum Gasteiger partial charge on any atom is 0.428 e. The highest BCUT2D eigenvalue weighted by Gasteiger charge is 2.74. The van der Waals surface area contributed by atoms with Crippen LogP contribution in [0.2, 0.25) is 0 Å². The van der Waals surface area contributed by atoms with E-state index in [4.69, 9.17) is 11.6 Å². The Morgan fingerprint density at radius 1 is 1.17 bits per heavy atom. The van der Waals surface area contributed by atoms with Crippen molar-refractivity contribution in [3.05, 3.63) is 0 Å². The third-order valence-corrected chi connectivity index (χ3v) is 3.21. The van der Waals surface area contributed by atoms with Crippen molar-refractivity contribution in [2.75, 3.05) is 13.3 Å². The summed E-state index contributed by atoms with van der Waals surface area (Å²) in [5, 5.41) is -1.59. The molecule has 0 bridgehead atoms. The molecule has 1 aliphatic rings. The topological polar surface area (TPSA) is 9.23 Å². The Bertz CT molecular complexity index is 295. The van der Waals surface area contributed by atoms with Crippen LogP contribution in [0.25, 0.3) is 0 Å². The Labute approximate surface area is 103 Å². The Kier molecular flexibility index (Phi) is 4.42. The number of halogens is 8. The van der Waals surface area contributed by atoms with E-state index in [9.17, 15) is 30.7 Å². The molecule has 0 heterocycles. The van der Waals surface area contributed by atoms with Gasteiger partial charge < -0.3 is 4.74 Å². The van der Waals surface area contributed by atoms with E-state index >= 15 is 0 Å². The minimum atomic E-state index is -5.73. The van der Waals surface area contributed by atoms with Gasteiger partial charge in [-0.25, -0.2) is 17.6 Å². The zero-order valence-electron chi connectivity index (χ0n) is 8.92. The van der Waals surface area contributed by atoms with Crippen LogP contribution in [-0.2, 0) is 4.74 Å². The highest BCUT2D eigenvalue weighted by atomic mass is 35.5. The Balaban J connectivity index is 2.90. The van der Waals surface area contributed by atoms with Crippen molar-refractivity contribution in [1.82, 2.24) is 0 Å². The van der Waals surface area contributed by atoms with Gasteiger partial charge in [0.05, 0.1) is 18.1 Å². The summed E-state index contributed by atoms with van der Waals surface area (Å²) in [7, 11) is 0. The maximum absolute atomic E-state index is 13.5. The summed E-state index contributed by atoms with van der Waals surface area (Å²) >= 11 is 5.42. The Hall–Kier alpha value is -0.240. The predicted octanol–water partition coefficient (Wildman–Crippen LogP) is 3.65. The maximum atomic E-state index is 13.5. The Morgan fingerprint density at radius 3 is 2.17 bits per heavy atom. The van der Waals surface area contributed by atoms with Crippen LogP contribution in [-0.4, -0.2) is 42.5 Å². The monoisotopic (exact) mass is 302 g/mol. The molecular formula is C9H10ClF7O. The molecule has 1 aliphatic carbocycles. The van der Waals surface area contributed by atoms with Crippen molar-refractivity contribution in [1.29, 1.82) is 0 Å². The fourth-order valence-electron chi connectivity index (χ4n) is 1.77. The average molecular weight is 303 g/mol. The van der Waals surface area contributed by atoms with Gasteiger partial charge >= 0.3 is 6.18 Å². The first-order valence-electron chi connectivity index (χ1n) is 5.00. The van der Waals surface area contributed by atoms with E-state index in [2.05, 4.69) is 4.74 Å². The smallest absolute Gasteiger partial charge is 0.374 e. The lowest BCUT2D eigenvalue weighted by atomic mass is 9.80. The second kappa shape index (κ2) is 5.03. The van der Waals surface area contributed by atoms with Crippen molar-refractivity contribution in [3.8, 4) is 0 Å². The standard InChI is InChI=1S/C9H10ClF7O/c10-5-3-7(12,9(15,16)17)8(13,14)4-6(5)18-2-1-11/h5-6H,1-4H2. The van der Waals surface area contributed by atoms with Gasteiger partial charge in [-0.2, -0.15) is 13.2 Å². The van der Waals surface area contributed by atoms with E-state index in [1.54, 1.807) is 0 Å². The molecule has 0 aromatic heterocycles. The first kappa shape index (κ1) is 15.8. The normalized spacial score (nSPS) is 36.7. The second-order valence-electron chi connectivity index (χ2n) is 4.03. The summed E-state index contributed by atoms with van der Waals surface area (Å²) in [6, 6.07) is 0. The van der Waals surface area contributed by atoms with Crippen LogP contribution in [0.3, 0.4) is 0 Å². The third kappa shape index (κ3) is 2.68. The fraction of sp³-hybridized carbons (Fsp3) is 1.00. The van der Waals surface area contributed by atoms with E-state index < -0.39 is 55.4 Å². The van der Waals surface area contributed by atoms with Gasteiger partial charge in [-0.05, 0) is 0 Å². The first-order chi connectivity index (χ1) is 8.05. The van der Waals surface area contributed by atoms with Crippen LogP contribution in [0.5, 0.6) is 0 Å². The molecule has 1 saturated carbocycles. The predicted molar refractivity (Wildman–Crippen MR) is 49.4 cm³/mol. The summed E-state index contributed by atoms with van der Waals surface area (Å²) in [6.45, 7) is -1.57.